The van der Waals surface area contributed by atoms with Gasteiger partial charge in [0.1, 0.15) is 17.6 Å². The van der Waals surface area contributed by atoms with Crippen LogP contribution < -0.4 is 5.32 Å². The molecule has 10 nitrogen and oxygen atoms in total. The van der Waals surface area contributed by atoms with E-state index in [2.05, 4.69) is 25.5 Å². The van der Waals surface area contributed by atoms with Gasteiger partial charge in [-0.05, 0) is 25.5 Å². The standard InChI is InChI=1S/C28H18F5N7O3/c1-11(40-26(42)12-4-2-3-5-13(12)27(40)43)20-23(30)22(28(31,32)33)21(15-7-35-38-24(15)20)17-9-39-10-18(36-19(39)8-34-17)37-25(41)14-6-16(14)29/h2-5,7-11,14,16H,6H2,1H3,(H,35,38)(H,37,41)/t11?,14-,16+/m1/s1. The van der Waals surface area contributed by atoms with Crippen molar-refractivity contribution in [3.63, 3.8) is 0 Å². The minimum atomic E-state index is -5.24. The second-order valence-electron chi connectivity index (χ2n) is 10.3. The first-order valence-electron chi connectivity index (χ1n) is 13.0. The van der Waals surface area contributed by atoms with Crippen molar-refractivity contribution < 1.29 is 36.3 Å². The smallest absolute Gasteiger partial charge is 0.309 e. The molecule has 5 aromatic rings. The summed E-state index contributed by atoms with van der Waals surface area (Å²) in [5.41, 5.74) is -3.05. The lowest BCUT2D eigenvalue weighted by atomic mass is 9.92. The second kappa shape index (κ2) is 9.14. The number of anilines is 1. The van der Waals surface area contributed by atoms with Gasteiger partial charge in [-0.15, -0.1) is 0 Å². The van der Waals surface area contributed by atoms with Gasteiger partial charge >= 0.3 is 6.18 Å². The summed E-state index contributed by atoms with van der Waals surface area (Å²) >= 11 is 0. The number of amides is 3. The zero-order valence-corrected chi connectivity index (χ0v) is 21.9. The molecule has 3 atom stereocenters. The zero-order valence-electron chi connectivity index (χ0n) is 21.9. The largest absolute Gasteiger partial charge is 0.419 e. The summed E-state index contributed by atoms with van der Waals surface area (Å²) in [6, 6.07) is 4.45. The predicted molar refractivity (Wildman–Crippen MR) is 140 cm³/mol. The maximum atomic E-state index is 16.2. The molecule has 3 aromatic heterocycles. The van der Waals surface area contributed by atoms with Gasteiger partial charge in [-0.1, -0.05) is 12.1 Å². The average Bonchev–Trinajstić information content (AvgIpc) is 3.24. The van der Waals surface area contributed by atoms with E-state index in [1.165, 1.54) is 48.0 Å². The molecule has 1 saturated carbocycles. The van der Waals surface area contributed by atoms with Gasteiger partial charge in [0.15, 0.2) is 11.5 Å². The number of alkyl halides is 4. The summed E-state index contributed by atoms with van der Waals surface area (Å²) in [6.45, 7) is 1.26. The highest BCUT2D eigenvalue weighted by molar-refractivity contribution is 6.21. The Morgan fingerprint density at radius 1 is 1.12 bits per heavy atom. The summed E-state index contributed by atoms with van der Waals surface area (Å²) in [5.74, 6) is -4.56. The first-order valence-corrected chi connectivity index (χ1v) is 13.0. The third-order valence-electron chi connectivity index (χ3n) is 7.70. The lowest BCUT2D eigenvalue weighted by Gasteiger charge is -2.26. The second-order valence-corrected chi connectivity index (χ2v) is 10.3. The molecule has 218 valence electrons. The molecule has 0 spiro atoms. The molecule has 1 aliphatic heterocycles. The predicted octanol–water partition coefficient (Wildman–Crippen LogP) is 5.08. The van der Waals surface area contributed by atoms with E-state index in [-0.39, 0.29) is 45.6 Å². The quantitative estimate of drug-likeness (QED) is 0.216. The van der Waals surface area contributed by atoms with Crippen LogP contribution in [-0.2, 0) is 11.0 Å². The molecule has 0 bridgehead atoms. The van der Waals surface area contributed by atoms with Crippen molar-refractivity contribution in [3.05, 3.63) is 77.1 Å². The Labute approximate surface area is 237 Å². The highest BCUT2D eigenvalue weighted by Crippen LogP contribution is 2.46. The molecule has 2 aliphatic rings. The van der Waals surface area contributed by atoms with E-state index in [1.807, 2.05) is 0 Å². The normalized spacial score (nSPS) is 18.9. The van der Waals surface area contributed by atoms with Crippen molar-refractivity contribution in [2.45, 2.75) is 31.7 Å². The molecule has 2 N–H and O–H groups in total. The van der Waals surface area contributed by atoms with Gasteiger partial charge in [0.05, 0.1) is 52.9 Å². The van der Waals surface area contributed by atoms with Gasteiger partial charge in [-0.3, -0.25) is 29.4 Å². The van der Waals surface area contributed by atoms with Crippen molar-refractivity contribution in [1.29, 1.82) is 0 Å². The van der Waals surface area contributed by atoms with Crippen LogP contribution in [0, 0.1) is 11.7 Å². The highest BCUT2D eigenvalue weighted by Gasteiger charge is 2.46. The summed E-state index contributed by atoms with van der Waals surface area (Å²) < 4.78 is 74.7. The topological polar surface area (TPSA) is 125 Å². The summed E-state index contributed by atoms with van der Waals surface area (Å²) in [4.78, 5) is 47.3. The molecular weight excluding hydrogens is 577 g/mol. The number of halogens is 5. The monoisotopic (exact) mass is 595 g/mol. The van der Waals surface area contributed by atoms with Gasteiger partial charge in [0.2, 0.25) is 5.91 Å². The SMILES string of the molecule is CC(c1c(F)c(C(F)(F)F)c(-c2cn3cc(NC(=O)[C@@H]4C[C@@H]4F)nc3cn2)c2cn[nH]c12)N1C(=O)c2ccccc2C1=O. The minimum absolute atomic E-state index is 0.0313. The van der Waals surface area contributed by atoms with Gasteiger partial charge in [-0.2, -0.15) is 18.3 Å². The third-order valence-corrected chi connectivity index (χ3v) is 7.70. The number of rotatable bonds is 5. The van der Waals surface area contributed by atoms with E-state index in [0.29, 0.717) is 0 Å². The number of nitrogens with zero attached hydrogens (tertiary/aromatic N) is 5. The van der Waals surface area contributed by atoms with Crippen molar-refractivity contribution in [1.82, 2.24) is 29.5 Å². The number of hydrogen-bond donors (Lipinski definition) is 2. The van der Waals surface area contributed by atoms with E-state index in [4.69, 9.17) is 0 Å². The molecule has 43 heavy (non-hydrogen) atoms. The van der Waals surface area contributed by atoms with E-state index in [1.54, 1.807) is 0 Å². The maximum absolute atomic E-state index is 16.2. The first kappa shape index (κ1) is 26.7. The fourth-order valence-corrected chi connectivity index (χ4v) is 5.53. The molecule has 3 amide bonds. The number of aromatic nitrogens is 5. The number of fused-ring (bicyclic) bond motifs is 3. The minimum Gasteiger partial charge on any atom is -0.309 e. The number of benzene rings is 2. The van der Waals surface area contributed by atoms with Crippen molar-refractivity contribution >= 4 is 40.1 Å². The molecule has 2 aromatic carbocycles. The van der Waals surface area contributed by atoms with Crippen molar-refractivity contribution in [3.8, 4) is 11.3 Å². The van der Waals surface area contributed by atoms with E-state index in [9.17, 15) is 31.9 Å². The molecule has 0 saturated heterocycles. The summed E-state index contributed by atoms with van der Waals surface area (Å²) in [5, 5.41) is 8.68. The lowest BCUT2D eigenvalue weighted by Crippen LogP contribution is -2.33. The Kier molecular flexibility index (Phi) is 5.67. The van der Waals surface area contributed by atoms with Crippen LogP contribution in [0.1, 0.15) is 51.2 Å². The maximum Gasteiger partial charge on any atom is 0.419 e. The van der Waals surface area contributed by atoms with Gasteiger partial charge in [-0.25, -0.2) is 13.8 Å². The number of imidazole rings is 1. The molecule has 1 aliphatic carbocycles. The molecule has 1 unspecified atom stereocenters. The Bertz CT molecular complexity index is 1980. The molecule has 4 heterocycles. The fraction of sp³-hybridized carbons (Fsp3) is 0.214. The van der Waals surface area contributed by atoms with Crippen molar-refractivity contribution in [2.24, 2.45) is 5.92 Å². The number of carbonyl (C=O) groups excluding carboxylic acids is 3. The number of hydrogen-bond acceptors (Lipinski definition) is 6. The number of nitrogens with one attached hydrogen (secondary N) is 2. The number of imide groups is 1. The fourth-order valence-electron chi connectivity index (χ4n) is 5.53. The Balaban J connectivity index is 1.36. The molecule has 0 radical (unpaired) electrons. The van der Waals surface area contributed by atoms with Crippen LogP contribution in [-0.4, -0.2) is 53.4 Å². The first-order chi connectivity index (χ1) is 20.5. The average molecular weight is 595 g/mol. The van der Waals surface area contributed by atoms with Crippen LogP contribution in [0.5, 0.6) is 0 Å². The van der Waals surface area contributed by atoms with Gasteiger partial charge in [0, 0.05) is 22.7 Å². The summed E-state index contributed by atoms with van der Waals surface area (Å²) in [6.07, 6.45) is -1.68. The summed E-state index contributed by atoms with van der Waals surface area (Å²) in [7, 11) is 0. The van der Waals surface area contributed by atoms with Crippen LogP contribution in [0.15, 0.2) is 49.1 Å². The number of H-pyrrole nitrogens is 1. The number of carbonyl (C=O) groups is 3. The third kappa shape index (κ3) is 4.06. The molecule has 1 fully saturated rings. The molecule has 15 heteroatoms. The zero-order chi connectivity index (χ0) is 30.4. The highest BCUT2D eigenvalue weighted by atomic mass is 19.4. The molecule has 7 rings (SSSR count). The van der Waals surface area contributed by atoms with Crippen LogP contribution in [0.3, 0.4) is 0 Å². The van der Waals surface area contributed by atoms with E-state index in [0.717, 1.165) is 17.3 Å². The Morgan fingerprint density at radius 2 is 1.79 bits per heavy atom. The lowest BCUT2D eigenvalue weighted by molar-refractivity contribution is -0.139. The Morgan fingerprint density at radius 3 is 2.42 bits per heavy atom. The number of aromatic amines is 1. The Hall–Kier alpha value is -5.21. The van der Waals surface area contributed by atoms with Gasteiger partial charge in [0.25, 0.3) is 11.8 Å². The van der Waals surface area contributed by atoms with E-state index < -0.39 is 64.5 Å². The molecular formula is C28H18F5N7O3. The van der Waals surface area contributed by atoms with E-state index >= 15 is 4.39 Å². The van der Waals surface area contributed by atoms with Crippen LogP contribution >= 0.6 is 0 Å². The van der Waals surface area contributed by atoms with Gasteiger partial charge < -0.3 is 9.72 Å². The van der Waals surface area contributed by atoms with Crippen molar-refractivity contribution in [2.75, 3.05) is 5.32 Å². The van der Waals surface area contributed by atoms with Crippen LogP contribution in [0.4, 0.5) is 27.8 Å². The van der Waals surface area contributed by atoms with Crippen LogP contribution in [0.2, 0.25) is 0 Å². The van der Waals surface area contributed by atoms with Crippen LogP contribution in [0.25, 0.3) is 27.8 Å².